The van der Waals surface area contributed by atoms with Crippen LogP contribution in [-0.2, 0) is 26.3 Å². The van der Waals surface area contributed by atoms with Gasteiger partial charge in [0.25, 0.3) is 0 Å². The van der Waals surface area contributed by atoms with Gasteiger partial charge in [-0.1, -0.05) is 31.2 Å². The van der Waals surface area contributed by atoms with Crippen molar-refractivity contribution >= 4 is 27.7 Å². The van der Waals surface area contributed by atoms with Crippen molar-refractivity contribution < 1.29 is 26.8 Å². The number of halogens is 2. The average Bonchev–Trinajstić information content (AvgIpc) is 2.81. The van der Waals surface area contributed by atoms with E-state index in [-0.39, 0.29) is 18.3 Å². The van der Waals surface area contributed by atoms with Gasteiger partial charge in [0.1, 0.15) is 24.2 Å². The summed E-state index contributed by atoms with van der Waals surface area (Å²) in [5.41, 5.74) is 0.240. The lowest BCUT2D eigenvalue weighted by Crippen LogP contribution is -2.53. The monoisotopic (exact) mass is 510 g/mol. The Bertz CT molecular complexity index is 1130. The van der Waals surface area contributed by atoms with Crippen LogP contribution in [0.5, 0.6) is 0 Å². The van der Waals surface area contributed by atoms with Gasteiger partial charge in [-0.25, -0.2) is 13.1 Å². The maximum Gasteiger partial charge on any atom is 0.304 e. The van der Waals surface area contributed by atoms with Crippen LogP contribution in [-0.4, -0.2) is 62.2 Å². The summed E-state index contributed by atoms with van der Waals surface area (Å²) < 4.78 is 55.6. The van der Waals surface area contributed by atoms with E-state index in [4.69, 9.17) is 0 Å². The van der Waals surface area contributed by atoms with Gasteiger partial charge >= 0.3 is 10.2 Å². The molecule has 192 valence electrons. The summed E-state index contributed by atoms with van der Waals surface area (Å²) in [7, 11) is -1.72. The number of hydrogen-bond acceptors (Lipinski definition) is 4. The van der Waals surface area contributed by atoms with Gasteiger partial charge in [-0.15, -0.1) is 0 Å². The standard InChI is InChI=1S/C24H32F2N4O4S/c1-6-17(2)27-24(32)18(3)29(15-19-11-13-20(25)14-12-19)23(31)16-30(35(33,34)28(4)5)22-10-8-7-9-21(22)26/h7-14,17-18H,6,15-16H2,1-5H3,(H,27,32)/t17-,18+/m1/s1. The van der Waals surface area contributed by atoms with Crippen molar-refractivity contribution in [3.8, 4) is 0 Å². The first-order valence-corrected chi connectivity index (χ1v) is 12.6. The number of nitrogens with zero attached hydrogens (tertiary/aromatic N) is 3. The van der Waals surface area contributed by atoms with E-state index in [2.05, 4.69) is 5.32 Å². The molecule has 0 saturated heterocycles. The molecule has 0 aromatic heterocycles. The Morgan fingerprint density at radius 1 is 1.00 bits per heavy atom. The number of hydrogen-bond donors (Lipinski definition) is 1. The third-order valence-electron chi connectivity index (χ3n) is 5.57. The summed E-state index contributed by atoms with van der Waals surface area (Å²) in [6.07, 6.45) is 0.673. The molecule has 0 bridgehead atoms. The lowest BCUT2D eigenvalue weighted by molar-refractivity contribution is -0.139. The Labute approximate surface area is 205 Å². The third kappa shape index (κ3) is 7.22. The average molecular weight is 511 g/mol. The molecule has 0 saturated carbocycles. The summed E-state index contributed by atoms with van der Waals surface area (Å²) in [5.74, 6) is -2.44. The molecule has 2 amide bonds. The van der Waals surface area contributed by atoms with Crippen LogP contribution < -0.4 is 9.62 Å². The first kappa shape index (κ1) is 28.2. The van der Waals surface area contributed by atoms with Crippen LogP contribution in [0.15, 0.2) is 48.5 Å². The number of rotatable bonds is 11. The van der Waals surface area contributed by atoms with E-state index < -0.39 is 46.2 Å². The number of anilines is 1. The van der Waals surface area contributed by atoms with E-state index in [0.29, 0.717) is 16.3 Å². The van der Waals surface area contributed by atoms with Crippen LogP contribution in [0, 0.1) is 11.6 Å². The highest BCUT2D eigenvalue weighted by atomic mass is 32.2. The highest BCUT2D eigenvalue weighted by Gasteiger charge is 2.33. The summed E-state index contributed by atoms with van der Waals surface area (Å²) in [5, 5.41) is 2.81. The van der Waals surface area contributed by atoms with Gasteiger partial charge in [-0.2, -0.15) is 12.7 Å². The van der Waals surface area contributed by atoms with Gasteiger partial charge in [0, 0.05) is 26.7 Å². The molecule has 8 nitrogen and oxygen atoms in total. The van der Waals surface area contributed by atoms with Crippen LogP contribution in [0.1, 0.15) is 32.8 Å². The minimum absolute atomic E-state index is 0.0820. The molecule has 35 heavy (non-hydrogen) atoms. The highest BCUT2D eigenvalue weighted by molar-refractivity contribution is 7.90. The van der Waals surface area contributed by atoms with Crippen LogP contribution in [0.3, 0.4) is 0 Å². The molecular formula is C24H32F2N4O4S. The van der Waals surface area contributed by atoms with Gasteiger partial charge in [-0.3, -0.25) is 9.59 Å². The Hall–Kier alpha value is -3.05. The predicted octanol–water partition coefficient (Wildman–Crippen LogP) is 2.91. The molecule has 2 atom stereocenters. The van der Waals surface area contributed by atoms with Gasteiger partial charge in [0.05, 0.1) is 5.69 Å². The quantitative estimate of drug-likeness (QED) is 0.503. The fourth-order valence-corrected chi connectivity index (χ4v) is 4.25. The maximum atomic E-state index is 14.6. The highest BCUT2D eigenvalue weighted by Crippen LogP contribution is 2.24. The van der Waals surface area contributed by atoms with Crippen LogP contribution in [0.4, 0.5) is 14.5 Å². The van der Waals surface area contributed by atoms with Gasteiger partial charge in [-0.05, 0) is 50.1 Å². The van der Waals surface area contributed by atoms with Crippen molar-refractivity contribution in [1.82, 2.24) is 14.5 Å². The zero-order valence-electron chi connectivity index (χ0n) is 20.5. The van der Waals surface area contributed by atoms with Gasteiger partial charge in [0.15, 0.2) is 0 Å². The fourth-order valence-electron chi connectivity index (χ4n) is 3.19. The van der Waals surface area contributed by atoms with Crippen LogP contribution in [0.2, 0.25) is 0 Å². The first-order chi connectivity index (χ1) is 16.4. The second-order valence-corrected chi connectivity index (χ2v) is 10.5. The molecule has 0 aliphatic heterocycles. The molecule has 0 aliphatic carbocycles. The number of para-hydroxylation sites is 1. The molecular weight excluding hydrogens is 478 g/mol. The number of nitrogens with one attached hydrogen (secondary N) is 1. The van der Waals surface area contributed by atoms with Crippen molar-refractivity contribution in [2.24, 2.45) is 0 Å². The summed E-state index contributed by atoms with van der Waals surface area (Å²) in [6.45, 7) is 4.41. The Morgan fingerprint density at radius 2 is 1.60 bits per heavy atom. The van der Waals surface area contributed by atoms with Crippen molar-refractivity contribution in [3.63, 3.8) is 0 Å². The summed E-state index contributed by atoms with van der Waals surface area (Å²) >= 11 is 0. The fraction of sp³-hybridized carbons (Fsp3) is 0.417. The third-order valence-corrected chi connectivity index (χ3v) is 7.38. The normalized spacial score (nSPS) is 13.3. The molecule has 0 unspecified atom stereocenters. The predicted molar refractivity (Wildman–Crippen MR) is 131 cm³/mol. The van der Waals surface area contributed by atoms with Crippen molar-refractivity contribution in [2.45, 2.75) is 45.8 Å². The molecule has 0 spiro atoms. The van der Waals surface area contributed by atoms with Crippen LogP contribution in [0.25, 0.3) is 0 Å². The van der Waals surface area contributed by atoms with E-state index in [1.54, 1.807) is 0 Å². The Morgan fingerprint density at radius 3 is 2.14 bits per heavy atom. The number of carbonyl (C=O) groups is 2. The van der Waals surface area contributed by atoms with Crippen molar-refractivity contribution in [2.75, 3.05) is 24.9 Å². The SMILES string of the molecule is CC[C@@H](C)NC(=O)[C@H](C)N(Cc1ccc(F)cc1)C(=O)CN(c1ccccc1F)S(=O)(=O)N(C)C. The first-order valence-electron chi connectivity index (χ1n) is 11.2. The molecule has 0 fully saturated rings. The van der Waals surface area contributed by atoms with E-state index in [9.17, 15) is 26.8 Å². The van der Waals surface area contributed by atoms with Crippen molar-refractivity contribution in [1.29, 1.82) is 0 Å². The number of amides is 2. The van der Waals surface area contributed by atoms with E-state index in [0.717, 1.165) is 10.4 Å². The zero-order valence-corrected chi connectivity index (χ0v) is 21.4. The molecule has 0 heterocycles. The molecule has 1 N–H and O–H groups in total. The molecule has 0 aliphatic rings. The molecule has 2 aromatic rings. The zero-order chi connectivity index (χ0) is 26.3. The largest absolute Gasteiger partial charge is 0.352 e. The minimum Gasteiger partial charge on any atom is -0.352 e. The van der Waals surface area contributed by atoms with Gasteiger partial charge < -0.3 is 10.2 Å². The summed E-state index contributed by atoms with van der Waals surface area (Å²) in [6, 6.07) is 9.49. The number of carbonyl (C=O) groups excluding carboxylic acids is 2. The lowest BCUT2D eigenvalue weighted by atomic mass is 10.1. The number of benzene rings is 2. The van der Waals surface area contributed by atoms with E-state index in [1.807, 2.05) is 13.8 Å². The lowest BCUT2D eigenvalue weighted by Gasteiger charge is -2.33. The topological polar surface area (TPSA) is 90.0 Å². The molecule has 2 rings (SSSR count). The molecule has 0 radical (unpaired) electrons. The second kappa shape index (κ2) is 12.1. The van der Waals surface area contributed by atoms with E-state index in [1.165, 1.54) is 68.4 Å². The molecule has 2 aromatic carbocycles. The Kier molecular flexibility index (Phi) is 9.73. The van der Waals surface area contributed by atoms with Crippen molar-refractivity contribution in [3.05, 3.63) is 65.7 Å². The molecule has 11 heteroatoms. The summed E-state index contributed by atoms with van der Waals surface area (Å²) in [4.78, 5) is 27.6. The minimum atomic E-state index is -4.26. The van der Waals surface area contributed by atoms with Crippen LogP contribution >= 0.6 is 0 Å². The van der Waals surface area contributed by atoms with Gasteiger partial charge in [0.2, 0.25) is 11.8 Å². The second-order valence-electron chi connectivity index (χ2n) is 8.39. The maximum absolute atomic E-state index is 14.6. The van der Waals surface area contributed by atoms with E-state index >= 15 is 0 Å². The Balaban J connectivity index is 2.46. The smallest absolute Gasteiger partial charge is 0.304 e.